The number of amides is 2. The van der Waals surface area contributed by atoms with Crippen LogP contribution in [-0.2, 0) is 0 Å². The molecule has 0 fully saturated rings. The Hall–Kier alpha value is -0.770. The minimum atomic E-state index is -0.472. The van der Waals surface area contributed by atoms with Crippen LogP contribution < -0.4 is 10.6 Å². The maximum absolute atomic E-state index is 11.3. The van der Waals surface area contributed by atoms with E-state index in [1.54, 1.807) is 0 Å². The Morgan fingerprint density at radius 3 is 2.33 bits per heavy atom. The van der Waals surface area contributed by atoms with Crippen molar-refractivity contribution < 1.29 is 9.90 Å². The predicted octanol–water partition coefficient (Wildman–Crippen LogP) is 1.49. The zero-order valence-electron chi connectivity index (χ0n) is 10.4. The van der Waals surface area contributed by atoms with E-state index in [-0.39, 0.29) is 17.5 Å². The van der Waals surface area contributed by atoms with Crippen molar-refractivity contribution in [2.75, 3.05) is 6.54 Å². The summed E-state index contributed by atoms with van der Waals surface area (Å²) in [6.07, 6.45) is 0.435. The van der Waals surface area contributed by atoms with Crippen molar-refractivity contribution in [3.8, 4) is 0 Å². The summed E-state index contributed by atoms with van der Waals surface area (Å²) in [6.45, 7) is 10.0. The van der Waals surface area contributed by atoms with Crippen LogP contribution in [0.2, 0.25) is 0 Å². The number of nitrogens with one attached hydrogen (secondary N) is 2. The van der Waals surface area contributed by atoms with Crippen LogP contribution in [0.15, 0.2) is 0 Å². The lowest BCUT2D eigenvalue weighted by Crippen LogP contribution is -2.48. The molecule has 15 heavy (non-hydrogen) atoms. The molecule has 0 rings (SSSR count). The number of aliphatic hydroxyl groups is 1. The molecule has 0 bridgehead atoms. The van der Waals surface area contributed by atoms with Gasteiger partial charge in [0.1, 0.15) is 0 Å². The lowest BCUT2D eigenvalue weighted by atomic mass is 10.0. The first kappa shape index (κ1) is 14.2. The molecule has 0 aliphatic carbocycles. The Balaban J connectivity index is 3.81. The Labute approximate surface area is 92.4 Å². The average molecular weight is 216 g/mol. The highest BCUT2D eigenvalue weighted by molar-refractivity contribution is 5.74. The van der Waals surface area contributed by atoms with Crippen LogP contribution in [-0.4, -0.2) is 29.3 Å². The van der Waals surface area contributed by atoms with Gasteiger partial charge in [0.25, 0.3) is 0 Å². The van der Waals surface area contributed by atoms with Crippen molar-refractivity contribution in [2.45, 2.75) is 52.7 Å². The van der Waals surface area contributed by atoms with E-state index < -0.39 is 6.10 Å². The summed E-state index contributed by atoms with van der Waals surface area (Å²) in [4.78, 5) is 11.3. The molecule has 0 aliphatic rings. The zero-order chi connectivity index (χ0) is 12.1. The third kappa shape index (κ3) is 7.19. The lowest BCUT2D eigenvalue weighted by molar-refractivity contribution is 0.114. The van der Waals surface area contributed by atoms with Crippen molar-refractivity contribution in [2.24, 2.45) is 5.92 Å². The minimum absolute atomic E-state index is 0.208. The van der Waals surface area contributed by atoms with Crippen LogP contribution in [0.1, 0.15) is 41.0 Å². The molecular weight excluding hydrogens is 192 g/mol. The molecule has 0 aromatic rings. The van der Waals surface area contributed by atoms with Gasteiger partial charge in [-0.25, -0.2) is 4.79 Å². The molecule has 0 aliphatic heterocycles. The van der Waals surface area contributed by atoms with Crippen molar-refractivity contribution in [3.63, 3.8) is 0 Å². The van der Waals surface area contributed by atoms with Crippen LogP contribution in [0, 0.1) is 5.92 Å². The molecule has 0 saturated carbocycles. The van der Waals surface area contributed by atoms with Gasteiger partial charge in [0.2, 0.25) is 0 Å². The molecule has 0 radical (unpaired) electrons. The summed E-state index contributed by atoms with van der Waals surface area (Å²) in [5.74, 6) is 0.208. The maximum Gasteiger partial charge on any atom is 0.315 e. The fourth-order valence-corrected chi connectivity index (χ4v) is 1.06. The molecule has 0 heterocycles. The van der Waals surface area contributed by atoms with E-state index in [0.29, 0.717) is 6.54 Å². The molecule has 2 amide bonds. The molecule has 2 atom stereocenters. The van der Waals surface area contributed by atoms with E-state index >= 15 is 0 Å². The number of carbonyl (C=O) groups excluding carboxylic acids is 1. The fraction of sp³-hybridized carbons (Fsp3) is 0.909. The molecule has 4 nitrogen and oxygen atoms in total. The second-order valence-corrected chi connectivity index (χ2v) is 5.04. The second-order valence-electron chi connectivity index (χ2n) is 5.04. The van der Waals surface area contributed by atoms with E-state index in [0.717, 1.165) is 6.42 Å². The molecule has 2 unspecified atom stereocenters. The molecule has 0 aromatic carbocycles. The van der Waals surface area contributed by atoms with Gasteiger partial charge in [0.15, 0.2) is 0 Å². The molecule has 0 aromatic heterocycles. The average Bonchev–Trinajstić information content (AvgIpc) is 2.10. The first-order valence-electron chi connectivity index (χ1n) is 5.50. The van der Waals surface area contributed by atoms with Crippen molar-refractivity contribution >= 4 is 6.03 Å². The lowest BCUT2D eigenvalue weighted by Gasteiger charge is -2.22. The van der Waals surface area contributed by atoms with Crippen molar-refractivity contribution in [1.29, 1.82) is 0 Å². The number of hydrogen-bond acceptors (Lipinski definition) is 2. The van der Waals surface area contributed by atoms with Crippen molar-refractivity contribution in [3.05, 3.63) is 0 Å². The Bertz CT molecular complexity index is 199. The standard InChI is InChI=1S/C11H24N2O2/c1-6-8(2)9(14)7-12-10(15)13-11(3,4)5/h8-9,14H,6-7H2,1-5H3,(H2,12,13,15). The summed E-state index contributed by atoms with van der Waals surface area (Å²) in [7, 11) is 0. The fourth-order valence-electron chi connectivity index (χ4n) is 1.06. The second kappa shape index (κ2) is 5.95. The number of hydrogen-bond donors (Lipinski definition) is 3. The van der Waals surface area contributed by atoms with E-state index in [1.165, 1.54) is 0 Å². The topological polar surface area (TPSA) is 61.4 Å². The summed E-state index contributed by atoms with van der Waals surface area (Å²) in [5, 5.41) is 15.0. The molecule has 0 saturated heterocycles. The van der Waals surface area contributed by atoms with Gasteiger partial charge in [-0.1, -0.05) is 20.3 Å². The summed E-state index contributed by atoms with van der Waals surface area (Å²) in [6, 6.07) is -0.232. The molecule has 3 N–H and O–H groups in total. The van der Waals surface area contributed by atoms with Gasteiger partial charge in [-0.2, -0.15) is 0 Å². The Morgan fingerprint density at radius 1 is 1.40 bits per heavy atom. The van der Waals surface area contributed by atoms with E-state index in [2.05, 4.69) is 10.6 Å². The molecule has 0 spiro atoms. The molecule has 90 valence electrons. The zero-order valence-corrected chi connectivity index (χ0v) is 10.4. The minimum Gasteiger partial charge on any atom is -0.391 e. The monoisotopic (exact) mass is 216 g/mol. The van der Waals surface area contributed by atoms with E-state index in [4.69, 9.17) is 0 Å². The third-order valence-electron chi connectivity index (χ3n) is 2.26. The van der Waals surface area contributed by atoms with Crippen LogP contribution in [0.25, 0.3) is 0 Å². The first-order valence-corrected chi connectivity index (χ1v) is 5.50. The highest BCUT2D eigenvalue weighted by Gasteiger charge is 2.16. The SMILES string of the molecule is CCC(C)C(O)CNC(=O)NC(C)(C)C. The maximum atomic E-state index is 11.3. The van der Waals surface area contributed by atoms with Crippen LogP contribution >= 0.6 is 0 Å². The third-order valence-corrected chi connectivity index (χ3v) is 2.26. The normalized spacial score (nSPS) is 15.6. The summed E-state index contributed by atoms with van der Waals surface area (Å²) in [5.41, 5.74) is -0.245. The van der Waals surface area contributed by atoms with Crippen LogP contribution in [0.3, 0.4) is 0 Å². The number of aliphatic hydroxyl groups excluding tert-OH is 1. The predicted molar refractivity (Wildman–Crippen MR) is 61.7 cm³/mol. The Kier molecular flexibility index (Phi) is 5.65. The summed E-state index contributed by atoms with van der Waals surface area (Å²) < 4.78 is 0. The smallest absolute Gasteiger partial charge is 0.315 e. The van der Waals surface area contributed by atoms with E-state index in [9.17, 15) is 9.90 Å². The number of urea groups is 1. The quantitative estimate of drug-likeness (QED) is 0.667. The van der Waals surface area contributed by atoms with Gasteiger partial charge in [0.05, 0.1) is 6.10 Å². The highest BCUT2D eigenvalue weighted by atomic mass is 16.3. The van der Waals surface area contributed by atoms with Crippen molar-refractivity contribution in [1.82, 2.24) is 10.6 Å². The largest absolute Gasteiger partial charge is 0.391 e. The van der Waals surface area contributed by atoms with Gasteiger partial charge in [-0.3, -0.25) is 0 Å². The number of rotatable bonds is 4. The van der Waals surface area contributed by atoms with Gasteiger partial charge in [-0.05, 0) is 26.7 Å². The summed E-state index contributed by atoms with van der Waals surface area (Å²) >= 11 is 0. The molecule has 4 heteroatoms. The van der Waals surface area contributed by atoms with Gasteiger partial charge < -0.3 is 15.7 Å². The van der Waals surface area contributed by atoms with E-state index in [1.807, 2.05) is 34.6 Å². The van der Waals surface area contributed by atoms with Crippen LogP contribution in [0.4, 0.5) is 4.79 Å². The van der Waals surface area contributed by atoms with Crippen LogP contribution in [0.5, 0.6) is 0 Å². The Morgan fingerprint density at radius 2 is 1.93 bits per heavy atom. The number of carbonyl (C=O) groups is 1. The van der Waals surface area contributed by atoms with Gasteiger partial charge >= 0.3 is 6.03 Å². The first-order chi connectivity index (χ1) is 6.76. The van der Waals surface area contributed by atoms with Gasteiger partial charge in [-0.15, -0.1) is 0 Å². The highest BCUT2D eigenvalue weighted by Crippen LogP contribution is 2.06. The molecular formula is C11H24N2O2. The van der Waals surface area contributed by atoms with Gasteiger partial charge in [0, 0.05) is 12.1 Å².